The van der Waals surface area contributed by atoms with Crippen LogP contribution in [-0.4, -0.2) is 5.78 Å². The standard InChI is InChI=1S/C16H19BrOS/c17-14-9-19-8-13(14)15(18)7-16-4-10-1-11(5-16)3-12(2-10)6-16/h8-12H,1-7H2. The lowest BCUT2D eigenvalue weighted by Crippen LogP contribution is -2.46. The number of rotatable bonds is 3. The highest BCUT2D eigenvalue weighted by atomic mass is 79.9. The molecule has 1 nitrogen and oxygen atoms in total. The molecule has 0 atom stereocenters. The Bertz CT molecular complexity index is 483. The van der Waals surface area contributed by atoms with Gasteiger partial charge in [-0.1, -0.05) is 0 Å². The number of thiophene rings is 1. The fraction of sp³-hybridized carbons (Fsp3) is 0.688. The molecule has 5 rings (SSSR count). The van der Waals surface area contributed by atoms with Gasteiger partial charge in [0.25, 0.3) is 0 Å². The van der Waals surface area contributed by atoms with Gasteiger partial charge in [-0.15, -0.1) is 0 Å². The second-order valence-electron chi connectivity index (χ2n) is 7.15. The van der Waals surface area contributed by atoms with E-state index in [1.807, 2.05) is 10.8 Å². The van der Waals surface area contributed by atoms with E-state index in [0.29, 0.717) is 11.2 Å². The van der Waals surface area contributed by atoms with Gasteiger partial charge in [0.05, 0.1) is 0 Å². The lowest BCUT2D eigenvalue weighted by Gasteiger charge is -2.56. The van der Waals surface area contributed by atoms with E-state index in [9.17, 15) is 4.79 Å². The molecule has 0 unspecified atom stereocenters. The smallest absolute Gasteiger partial charge is 0.165 e. The van der Waals surface area contributed by atoms with Gasteiger partial charge in [-0.25, -0.2) is 0 Å². The van der Waals surface area contributed by atoms with Crippen molar-refractivity contribution in [1.82, 2.24) is 0 Å². The minimum Gasteiger partial charge on any atom is -0.294 e. The molecule has 0 radical (unpaired) electrons. The average molecular weight is 339 g/mol. The molecule has 4 bridgehead atoms. The molecule has 4 fully saturated rings. The molecule has 19 heavy (non-hydrogen) atoms. The molecule has 0 spiro atoms. The molecule has 0 saturated heterocycles. The molecule has 102 valence electrons. The summed E-state index contributed by atoms with van der Waals surface area (Å²) < 4.78 is 0.993. The van der Waals surface area contributed by atoms with Gasteiger partial charge in [-0.2, -0.15) is 11.3 Å². The number of hydrogen-bond donors (Lipinski definition) is 0. The number of carbonyl (C=O) groups is 1. The van der Waals surface area contributed by atoms with Crippen molar-refractivity contribution in [2.24, 2.45) is 23.2 Å². The highest BCUT2D eigenvalue weighted by molar-refractivity contribution is 9.10. The molecular formula is C16H19BrOS. The van der Waals surface area contributed by atoms with Crippen LogP contribution in [0.25, 0.3) is 0 Å². The molecule has 1 aromatic rings. The van der Waals surface area contributed by atoms with E-state index >= 15 is 0 Å². The van der Waals surface area contributed by atoms with Crippen LogP contribution in [0.2, 0.25) is 0 Å². The van der Waals surface area contributed by atoms with E-state index in [2.05, 4.69) is 15.9 Å². The van der Waals surface area contributed by atoms with Gasteiger partial charge in [0.2, 0.25) is 0 Å². The third-order valence-corrected chi connectivity index (χ3v) is 7.32. The molecule has 4 saturated carbocycles. The first-order valence-electron chi connectivity index (χ1n) is 7.38. The molecule has 1 heterocycles. The van der Waals surface area contributed by atoms with Crippen molar-refractivity contribution in [1.29, 1.82) is 0 Å². The Morgan fingerprint density at radius 2 is 1.74 bits per heavy atom. The number of ketones is 1. The molecule has 0 aliphatic heterocycles. The van der Waals surface area contributed by atoms with Crippen LogP contribution in [-0.2, 0) is 0 Å². The Labute approximate surface area is 126 Å². The van der Waals surface area contributed by atoms with Crippen molar-refractivity contribution in [3.05, 3.63) is 20.8 Å². The highest BCUT2D eigenvalue weighted by Crippen LogP contribution is 2.61. The topological polar surface area (TPSA) is 17.1 Å². The zero-order chi connectivity index (χ0) is 13.0. The van der Waals surface area contributed by atoms with Crippen molar-refractivity contribution in [2.75, 3.05) is 0 Å². The predicted molar refractivity (Wildman–Crippen MR) is 81.6 cm³/mol. The third-order valence-electron chi connectivity index (χ3n) is 5.62. The van der Waals surface area contributed by atoms with Crippen molar-refractivity contribution in [3.63, 3.8) is 0 Å². The first kappa shape index (κ1) is 12.6. The van der Waals surface area contributed by atoms with E-state index in [1.54, 1.807) is 11.3 Å². The monoisotopic (exact) mass is 338 g/mol. The summed E-state index contributed by atoms with van der Waals surface area (Å²) in [6.45, 7) is 0. The maximum atomic E-state index is 12.6. The summed E-state index contributed by atoms with van der Waals surface area (Å²) in [4.78, 5) is 12.6. The quantitative estimate of drug-likeness (QED) is 0.683. The van der Waals surface area contributed by atoms with Gasteiger partial charge in [-0.3, -0.25) is 4.79 Å². The fourth-order valence-electron chi connectivity index (χ4n) is 5.42. The predicted octanol–water partition coefficient (Wildman–Crippen LogP) is 5.30. The van der Waals surface area contributed by atoms with Crippen LogP contribution in [0.4, 0.5) is 0 Å². The van der Waals surface area contributed by atoms with Crippen molar-refractivity contribution < 1.29 is 4.79 Å². The van der Waals surface area contributed by atoms with E-state index in [-0.39, 0.29) is 0 Å². The SMILES string of the molecule is O=C(CC12CC3CC(CC(C3)C1)C2)c1cscc1Br. The Kier molecular flexibility index (Phi) is 2.93. The van der Waals surface area contributed by atoms with Crippen LogP contribution in [0, 0.1) is 23.2 Å². The van der Waals surface area contributed by atoms with Crippen molar-refractivity contribution >= 4 is 33.0 Å². The number of halogens is 1. The van der Waals surface area contributed by atoms with E-state index < -0.39 is 0 Å². The van der Waals surface area contributed by atoms with Crippen LogP contribution >= 0.6 is 27.3 Å². The van der Waals surface area contributed by atoms with Crippen LogP contribution < -0.4 is 0 Å². The normalized spacial score (nSPS) is 39.7. The Balaban J connectivity index is 1.56. The summed E-state index contributed by atoms with van der Waals surface area (Å²) in [7, 11) is 0. The number of hydrogen-bond acceptors (Lipinski definition) is 2. The van der Waals surface area contributed by atoms with Crippen LogP contribution in [0.5, 0.6) is 0 Å². The van der Waals surface area contributed by atoms with Crippen LogP contribution in [0.3, 0.4) is 0 Å². The van der Waals surface area contributed by atoms with Gasteiger partial charge in [0.15, 0.2) is 5.78 Å². The van der Waals surface area contributed by atoms with Gasteiger partial charge >= 0.3 is 0 Å². The zero-order valence-electron chi connectivity index (χ0n) is 11.0. The fourth-order valence-corrected chi connectivity index (χ4v) is 6.94. The molecule has 3 heteroatoms. The Hall–Kier alpha value is -0.150. The molecule has 0 aromatic carbocycles. The van der Waals surface area contributed by atoms with Crippen LogP contribution in [0.15, 0.2) is 15.2 Å². The van der Waals surface area contributed by atoms with E-state index in [0.717, 1.165) is 34.2 Å². The molecule has 1 aromatic heterocycles. The summed E-state index contributed by atoms with van der Waals surface area (Å²) in [5.41, 5.74) is 1.29. The maximum Gasteiger partial charge on any atom is 0.165 e. The van der Waals surface area contributed by atoms with Gasteiger partial charge in [0, 0.05) is 27.2 Å². The summed E-state index contributed by atoms with van der Waals surface area (Å²) >= 11 is 5.13. The Morgan fingerprint density at radius 3 is 2.21 bits per heavy atom. The van der Waals surface area contributed by atoms with Crippen LogP contribution in [0.1, 0.15) is 55.3 Å². The number of Topliss-reactive ketones (excluding diaryl/α,β-unsaturated/α-hetero) is 1. The number of carbonyl (C=O) groups excluding carboxylic acids is 1. The minimum absolute atomic E-state index is 0.368. The van der Waals surface area contributed by atoms with Crippen molar-refractivity contribution in [2.45, 2.75) is 44.9 Å². The van der Waals surface area contributed by atoms with Crippen molar-refractivity contribution in [3.8, 4) is 0 Å². The second-order valence-corrected chi connectivity index (χ2v) is 8.75. The van der Waals surface area contributed by atoms with Gasteiger partial charge in [-0.05, 0) is 77.6 Å². The maximum absolute atomic E-state index is 12.6. The lowest BCUT2D eigenvalue weighted by molar-refractivity contribution is -0.0524. The largest absolute Gasteiger partial charge is 0.294 e. The summed E-state index contributed by atoms with van der Waals surface area (Å²) in [6, 6.07) is 0. The first-order chi connectivity index (χ1) is 9.13. The van der Waals surface area contributed by atoms with Gasteiger partial charge < -0.3 is 0 Å². The second kappa shape index (κ2) is 4.42. The summed E-state index contributed by atoms with van der Waals surface area (Å²) in [5, 5.41) is 4.03. The zero-order valence-corrected chi connectivity index (χ0v) is 13.4. The average Bonchev–Trinajstić information content (AvgIpc) is 2.72. The summed E-state index contributed by atoms with van der Waals surface area (Å²) in [5.74, 6) is 3.18. The van der Waals surface area contributed by atoms with Gasteiger partial charge in [0.1, 0.15) is 0 Å². The third kappa shape index (κ3) is 2.13. The molecule has 0 amide bonds. The molecule has 4 aliphatic rings. The highest BCUT2D eigenvalue weighted by Gasteiger charge is 2.51. The summed E-state index contributed by atoms with van der Waals surface area (Å²) in [6.07, 6.45) is 9.14. The molecule has 4 aliphatic carbocycles. The lowest BCUT2D eigenvalue weighted by atomic mass is 9.48. The van der Waals surface area contributed by atoms with E-state index in [4.69, 9.17) is 0 Å². The van der Waals surface area contributed by atoms with E-state index in [1.165, 1.54) is 38.5 Å². The molecule has 0 N–H and O–H groups in total. The molecular weight excluding hydrogens is 320 g/mol. The Morgan fingerprint density at radius 1 is 1.16 bits per heavy atom. The minimum atomic E-state index is 0.368. The first-order valence-corrected chi connectivity index (χ1v) is 9.12.